The van der Waals surface area contributed by atoms with Crippen molar-refractivity contribution in [3.8, 4) is 0 Å². The third-order valence-corrected chi connectivity index (χ3v) is 2.89. The van der Waals surface area contributed by atoms with Gasteiger partial charge in [0.05, 0.1) is 23.5 Å². The number of aromatic nitrogens is 1. The first-order valence-electron chi connectivity index (χ1n) is 6.52. The van der Waals surface area contributed by atoms with E-state index in [1.165, 1.54) is 0 Å². The van der Waals surface area contributed by atoms with Gasteiger partial charge in [0.15, 0.2) is 5.58 Å². The monoisotopic (exact) mass is 294 g/mol. The van der Waals surface area contributed by atoms with Gasteiger partial charge in [-0.3, -0.25) is 9.78 Å². The highest BCUT2D eigenvalue weighted by Gasteiger charge is 2.07. The Labute approximate surface area is 120 Å². The third-order valence-electron chi connectivity index (χ3n) is 2.89. The minimum atomic E-state index is -0.529. The lowest BCUT2D eigenvalue weighted by Gasteiger charge is -2.09. The zero-order chi connectivity index (χ0) is 15.2. The van der Waals surface area contributed by atoms with Gasteiger partial charge < -0.3 is 25.5 Å². The first-order chi connectivity index (χ1) is 10.1. The van der Waals surface area contributed by atoms with Crippen LogP contribution in [0.3, 0.4) is 0 Å². The van der Waals surface area contributed by atoms with Crippen molar-refractivity contribution in [3.05, 3.63) is 22.7 Å². The molecule has 0 spiro atoms. The summed E-state index contributed by atoms with van der Waals surface area (Å²) in [6, 6.07) is 3.24. The van der Waals surface area contributed by atoms with E-state index in [9.17, 15) is 9.59 Å². The SMILES string of the molecule is COCCNC(=O)CCNc1cc2[nH]c(=O)oc2cc1N. The number of amides is 1. The number of ether oxygens (including phenoxy) is 1. The average molecular weight is 294 g/mol. The third kappa shape index (κ3) is 3.99. The van der Waals surface area contributed by atoms with Crippen LogP contribution in [-0.2, 0) is 9.53 Å². The van der Waals surface area contributed by atoms with Gasteiger partial charge in [-0.25, -0.2) is 4.79 Å². The molecular formula is C13H18N4O4. The Morgan fingerprint density at radius 1 is 1.43 bits per heavy atom. The molecule has 0 saturated carbocycles. The molecule has 8 nitrogen and oxygen atoms in total. The van der Waals surface area contributed by atoms with Crippen LogP contribution in [0.4, 0.5) is 11.4 Å². The molecule has 0 atom stereocenters. The van der Waals surface area contributed by atoms with E-state index in [4.69, 9.17) is 14.9 Å². The van der Waals surface area contributed by atoms with Gasteiger partial charge in [-0.2, -0.15) is 0 Å². The van der Waals surface area contributed by atoms with E-state index in [0.717, 1.165) is 0 Å². The molecule has 0 fully saturated rings. The molecule has 5 N–H and O–H groups in total. The van der Waals surface area contributed by atoms with Gasteiger partial charge in [-0.1, -0.05) is 0 Å². The van der Waals surface area contributed by atoms with Gasteiger partial charge in [-0.15, -0.1) is 0 Å². The van der Waals surface area contributed by atoms with Gasteiger partial charge in [0.2, 0.25) is 5.91 Å². The maximum atomic E-state index is 11.5. The highest BCUT2D eigenvalue weighted by atomic mass is 16.5. The Hall–Kier alpha value is -2.48. The van der Waals surface area contributed by atoms with Crippen molar-refractivity contribution < 1.29 is 13.9 Å². The fourth-order valence-corrected chi connectivity index (χ4v) is 1.86. The Morgan fingerprint density at radius 2 is 2.24 bits per heavy atom. The number of H-pyrrole nitrogens is 1. The lowest BCUT2D eigenvalue weighted by molar-refractivity contribution is -0.121. The minimum absolute atomic E-state index is 0.0732. The highest BCUT2D eigenvalue weighted by Crippen LogP contribution is 2.24. The summed E-state index contributed by atoms with van der Waals surface area (Å²) < 4.78 is 9.75. The summed E-state index contributed by atoms with van der Waals surface area (Å²) >= 11 is 0. The molecule has 8 heteroatoms. The number of hydrogen-bond acceptors (Lipinski definition) is 6. The van der Waals surface area contributed by atoms with Crippen LogP contribution >= 0.6 is 0 Å². The predicted octanol–water partition coefficient (Wildman–Crippen LogP) is 0.268. The molecule has 1 heterocycles. The number of carbonyl (C=O) groups excluding carboxylic acids is 1. The van der Waals surface area contributed by atoms with Crippen LogP contribution in [0.1, 0.15) is 6.42 Å². The smallest absolute Gasteiger partial charge is 0.408 e. The number of aromatic amines is 1. The Bertz CT molecular complexity index is 676. The van der Waals surface area contributed by atoms with Crippen molar-refractivity contribution in [3.63, 3.8) is 0 Å². The van der Waals surface area contributed by atoms with E-state index in [1.807, 2.05) is 0 Å². The molecule has 1 amide bonds. The van der Waals surface area contributed by atoms with E-state index in [0.29, 0.717) is 48.6 Å². The van der Waals surface area contributed by atoms with Gasteiger partial charge in [0, 0.05) is 32.7 Å². The fourth-order valence-electron chi connectivity index (χ4n) is 1.86. The Balaban J connectivity index is 1.89. The summed E-state index contributed by atoms with van der Waals surface area (Å²) in [5.41, 5.74) is 7.91. The molecule has 2 rings (SSSR count). The summed E-state index contributed by atoms with van der Waals surface area (Å²) in [5, 5.41) is 5.77. The summed E-state index contributed by atoms with van der Waals surface area (Å²) in [5.74, 6) is -0.602. The maximum absolute atomic E-state index is 11.5. The van der Waals surface area contributed by atoms with Crippen LogP contribution in [-0.4, -0.2) is 37.7 Å². The highest BCUT2D eigenvalue weighted by molar-refractivity contribution is 5.85. The van der Waals surface area contributed by atoms with Gasteiger partial charge in [0.25, 0.3) is 0 Å². The molecule has 21 heavy (non-hydrogen) atoms. The Kier molecular flexibility index (Phi) is 4.83. The number of benzene rings is 1. The van der Waals surface area contributed by atoms with Crippen LogP contribution in [0, 0.1) is 0 Å². The largest absolute Gasteiger partial charge is 0.417 e. The van der Waals surface area contributed by atoms with Crippen LogP contribution in [0.15, 0.2) is 21.3 Å². The number of nitrogens with one attached hydrogen (secondary N) is 3. The van der Waals surface area contributed by atoms with Gasteiger partial charge in [0.1, 0.15) is 0 Å². The number of rotatable bonds is 7. The molecule has 0 aliphatic rings. The van der Waals surface area contributed by atoms with E-state index in [-0.39, 0.29) is 5.91 Å². The van der Waals surface area contributed by atoms with Crippen LogP contribution in [0.25, 0.3) is 11.1 Å². The van der Waals surface area contributed by atoms with Crippen LogP contribution < -0.4 is 22.1 Å². The van der Waals surface area contributed by atoms with E-state index in [2.05, 4.69) is 15.6 Å². The second kappa shape index (κ2) is 6.80. The molecule has 0 unspecified atom stereocenters. The molecule has 2 aromatic rings. The molecule has 1 aromatic carbocycles. The van der Waals surface area contributed by atoms with Crippen LogP contribution in [0.2, 0.25) is 0 Å². The number of fused-ring (bicyclic) bond motifs is 1. The second-order valence-electron chi connectivity index (χ2n) is 4.47. The van der Waals surface area contributed by atoms with E-state index >= 15 is 0 Å². The lowest BCUT2D eigenvalue weighted by Crippen LogP contribution is -2.28. The molecule has 114 valence electrons. The lowest BCUT2D eigenvalue weighted by atomic mass is 10.2. The number of hydrogen-bond donors (Lipinski definition) is 4. The number of anilines is 2. The second-order valence-corrected chi connectivity index (χ2v) is 4.47. The number of carbonyl (C=O) groups is 1. The molecule has 0 radical (unpaired) electrons. The minimum Gasteiger partial charge on any atom is -0.408 e. The quantitative estimate of drug-likeness (QED) is 0.429. The summed E-state index contributed by atoms with van der Waals surface area (Å²) in [7, 11) is 1.58. The van der Waals surface area contributed by atoms with Crippen molar-refractivity contribution in [2.75, 3.05) is 37.9 Å². The van der Waals surface area contributed by atoms with Crippen molar-refractivity contribution in [1.82, 2.24) is 10.3 Å². The topological polar surface area (TPSA) is 122 Å². The molecule has 0 bridgehead atoms. The molecule has 1 aromatic heterocycles. The number of nitrogen functional groups attached to an aromatic ring is 1. The first-order valence-corrected chi connectivity index (χ1v) is 6.52. The van der Waals surface area contributed by atoms with E-state index < -0.39 is 5.76 Å². The normalized spacial score (nSPS) is 10.7. The fraction of sp³-hybridized carbons (Fsp3) is 0.385. The Morgan fingerprint density at radius 3 is 3.00 bits per heavy atom. The van der Waals surface area contributed by atoms with Crippen molar-refractivity contribution in [2.24, 2.45) is 0 Å². The van der Waals surface area contributed by atoms with Crippen molar-refractivity contribution in [2.45, 2.75) is 6.42 Å². The summed E-state index contributed by atoms with van der Waals surface area (Å²) in [6.45, 7) is 1.40. The zero-order valence-electron chi connectivity index (χ0n) is 11.7. The maximum Gasteiger partial charge on any atom is 0.417 e. The van der Waals surface area contributed by atoms with Gasteiger partial charge >= 0.3 is 5.76 Å². The number of oxazole rings is 1. The van der Waals surface area contributed by atoms with Crippen molar-refractivity contribution in [1.29, 1.82) is 0 Å². The number of methoxy groups -OCH3 is 1. The molecule has 0 aliphatic carbocycles. The van der Waals surface area contributed by atoms with Crippen LogP contribution in [0.5, 0.6) is 0 Å². The first kappa shape index (κ1) is 14.9. The standard InChI is InChI=1S/C13H18N4O4/c1-20-5-4-16-12(18)2-3-15-9-7-10-11(6-8(9)14)21-13(19)17-10/h6-7,15H,2-5,14H2,1H3,(H,16,18)(H,17,19). The predicted molar refractivity (Wildman–Crippen MR) is 79.2 cm³/mol. The molecule has 0 saturated heterocycles. The molecule has 0 aliphatic heterocycles. The van der Waals surface area contributed by atoms with Crippen molar-refractivity contribution >= 4 is 28.4 Å². The zero-order valence-corrected chi connectivity index (χ0v) is 11.7. The van der Waals surface area contributed by atoms with Gasteiger partial charge in [-0.05, 0) is 6.07 Å². The molecular weight excluding hydrogens is 276 g/mol. The number of nitrogens with two attached hydrogens (primary N) is 1. The summed E-state index contributed by atoms with van der Waals surface area (Å²) in [4.78, 5) is 25.2. The summed E-state index contributed by atoms with van der Waals surface area (Å²) in [6.07, 6.45) is 0.309. The average Bonchev–Trinajstić information content (AvgIpc) is 2.78. The van der Waals surface area contributed by atoms with E-state index in [1.54, 1.807) is 19.2 Å².